The molecule has 31 heavy (non-hydrogen) atoms. The van der Waals surface area contributed by atoms with E-state index in [-0.39, 0.29) is 0 Å². The number of hydrogen-bond acceptors (Lipinski definition) is 4. The van der Waals surface area contributed by atoms with E-state index < -0.39 is 0 Å². The van der Waals surface area contributed by atoms with E-state index in [2.05, 4.69) is 26.1 Å². The van der Waals surface area contributed by atoms with Crippen molar-refractivity contribution in [2.45, 2.75) is 0 Å². The zero-order chi connectivity index (χ0) is 20.8. The van der Waals surface area contributed by atoms with Crippen LogP contribution in [0, 0.1) is 0 Å². The van der Waals surface area contributed by atoms with Gasteiger partial charge in [-0.2, -0.15) is 5.10 Å². The highest BCUT2D eigenvalue weighted by molar-refractivity contribution is 9.10. The molecular weight excluding hydrogens is 452 g/mol. The highest BCUT2D eigenvalue weighted by atomic mass is 79.9. The highest BCUT2D eigenvalue weighted by Crippen LogP contribution is 2.35. The average molecular weight is 467 g/mol. The van der Waals surface area contributed by atoms with Crippen LogP contribution in [0.4, 0.5) is 0 Å². The maximum Gasteiger partial charge on any atom is 0.156 e. The van der Waals surface area contributed by atoms with Gasteiger partial charge in [0.05, 0.1) is 11.1 Å². The van der Waals surface area contributed by atoms with Crippen LogP contribution in [-0.2, 0) is 0 Å². The molecule has 3 heterocycles. The number of fused-ring (bicyclic) bond motifs is 2. The van der Waals surface area contributed by atoms with E-state index >= 15 is 0 Å². The fourth-order valence-electron chi connectivity index (χ4n) is 3.74. The van der Waals surface area contributed by atoms with Crippen molar-refractivity contribution in [2.75, 3.05) is 0 Å². The fourth-order valence-corrected chi connectivity index (χ4v) is 4.12. The maximum absolute atomic E-state index is 6.12. The quantitative estimate of drug-likeness (QED) is 0.292. The lowest BCUT2D eigenvalue weighted by atomic mass is 10.1. The van der Waals surface area contributed by atoms with Gasteiger partial charge in [0.1, 0.15) is 22.5 Å². The van der Waals surface area contributed by atoms with Crippen LogP contribution >= 0.6 is 15.9 Å². The second-order valence-electron chi connectivity index (χ2n) is 7.23. The van der Waals surface area contributed by atoms with Gasteiger partial charge in [0.15, 0.2) is 5.76 Å². The van der Waals surface area contributed by atoms with Gasteiger partial charge in [-0.3, -0.25) is 0 Å². The van der Waals surface area contributed by atoms with Gasteiger partial charge >= 0.3 is 0 Å². The minimum Gasteiger partial charge on any atom is -0.454 e. The molecule has 0 aliphatic rings. The van der Waals surface area contributed by atoms with Crippen LogP contribution in [0.25, 0.3) is 50.3 Å². The summed E-state index contributed by atoms with van der Waals surface area (Å²) in [5, 5.41) is 15.9. The van der Waals surface area contributed by atoms with Gasteiger partial charge in [-0.15, -0.1) is 10.2 Å². The third kappa shape index (κ3) is 3.12. The Kier molecular flexibility index (Phi) is 4.18. The second-order valence-corrected chi connectivity index (χ2v) is 8.14. The lowest BCUT2D eigenvalue weighted by Crippen LogP contribution is -1.94. The van der Waals surface area contributed by atoms with Crippen LogP contribution in [0.1, 0.15) is 0 Å². The Morgan fingerprint density at radius 3 is 2.32 bits per heavy atom. The van der Waals surface area contributed by atoms with Crippen molar-refractivity contribution in [3.63, 3.8) is 0 Å². The average Bonchev–Trinajstić information content (AvgIpc) is 3.44. The molecule has 0 radical (unpaired) electrons. The van der Waals surface area contributed by atoms with Gasteiger partial charge in [0, 0.05) is 21.6 Å². The van der Waals surface area contributed by atoms with E-state index in [1.165, 1.54) is 0 Å². The van der Waals surface area contributed by atoms with Crippen molar-refractivity contribution in [1.82, 2.24) is 20.0 Å². The standard InChI is InChI=1S/C25H15BrN4O/c26-18-11-12-21-17(13-18)14-22(31-21)24-20-15-30(19-9-5-2-6-10-19)29-25(20)23(27-28-24)16-7-3-1-4-8-16/h1-15H. The number of rotatable bonds is 3. The van der Waals surface area contributed by atoms with Gasteiger partial charge in [0.25, 0.3) is 0 Å². The summed E-state index contributed by atoms with van der Waals surface area (Å²) in [6.07, 6.45) is 1.99. The van der Waals surface area contributed by atoms with E-state index in [1.807, 2.05) is 95.8 Å². The molecule has 0 bridgehead atoms. The SMILES string of the molecule is Brc1ccc2oc(-c3nnc(-c4ccccc4)c4nn(-c5ccccc5)cc34)cc2c1. The number of hydrogen-bond donors (Lipinski definition) is 0. The lowest BCUT2D eigenvalue weighted by molar-refractivity contribution is 0.628. The molecule has 3 aromatic carbocycles. The molecule has 0 saturated carbocycles. The van der Waals surface area contributed by atoms with Crippen molar-refractivity contribution >= 4 is 37.8 Å². The monoisotopic (exact) mass is 466 g/mol. The Morgan fingerprint density at radius 2 is 1.52 bits per heavy atom. The zero-order valence-corrected chi connectivity index (χ0v) is 17.8. The number of benzene rings is 3. The Labute approximate surface area is 186 Å². The Bertz CT molecular complexity index is 1540. The first-order valence-corrected chi connectivity index (χ1v) is 10.6. The van der Waals surface area contributed by atoms with E-state index in [1.54, 1.807) is 0 Å². The summed E-state index contributed by atoms with van der Waals surface area (Å²) in [4.78, 5) is 0. The largest absolute Gasteiger partial charge is 0.454 e. The maximum atomic E-state index is 6.12. The summed E-state index contributed by atoms with van der Waals surface area (Å²) < 4.78 is 8.98. The lowest BCUT2D eigenvalue weighted by Gasteiger charge is -2.03. The first-order chi connectivity index (χ1) is 15.3. The fraction of sp³-hybridized carbons (Fsp3) is 0. The Hall–Kier alpha value is -3.77. The van der Waals surface area contributed by atoms with Crippen LogP contribution in [-0.4, -0.2) is 20.0 Å². The number of para-hydroxylation sites is 1. The van der Waals surface area contributed by atoms with E-state index in [0.29, 0.717) is 11.5 Å². The highest BCUT2D eigenvalue weighted by Gasteiger charge is 2.19. The molecule has 0 N–H and O–H groups in total. The van der Waals surface area contributed by atoms with E-state index in [4.69, 9.17) is 9.52 Å². The molecule has 0 amide bonds. The summed E-state index contributed by atoms with van der Waals surface area (Å²) in [5.41, 5.74) is 4.94. The summed E-state index contributed by atoms with van der Waals surface area (Å²) in [5.74, 6) is 0.665. The van der Waals surface area contributed by atoms with Crippen LogP contribution in [0.3, 0.4) is 0 Å². The van der Waals surface area contributed by atoms with Crippen molar-refractivity contribution in [3.8, 4) is 28.4 Å². The summed E-state index contributed by atoms with van der Waals surface area (Å²) in [6, 6.07) is 27.9. The minimum atomic E-state index is 0.665. The third-order valence-electron chi connectivity index (χ3n) is 5.22. The molecule has 0 fully saturated rings. The van der Waals surface area contributed by atoms with Gasteiger partial charge in [-0.25, -0.2) is 4.68 Å². The van der Waals surface area contributed by atoms with Crippen molar-refractivity contribution in [2.24, 2.45) is 0 Å². The summed E-state index contributed by atoms with van der Waals surface area (Å²) in [6.45, 7) is 0. The number of furan rings is 1. The van der Waals surface area contributed by atoms with Gasteiger partial charge in [-0.1, -0.05) is 64.5 Å². The molecule has 6 aromatic rings. The predicted octanol–water partition coefficient (Wildman–Crippen LogP) is 6.66. The summed E-state index contributed by atoms with van der Waals surface area (Å²) >= 11 is 3.52. The summed E-state index contributed by atoms with van der Waals surface area (Å²) in [7, 11) is 0. The molecular formula is C25H15BrN4O. The first-order valence-electron chi connectivity index (χ1n) is 9.83. The molecule has 6 rings (SSSR count). The van der Waals surface area contributed by atoms with Gasteiger partial charge in [0.2, 0.25) is 0 Å². The van der Waals surface area contributed by atoms with E-state index in [0.717, 1.165) is 43.3 Å². The molecule has 6 heteroatoms. The predicted molar refractivity (Wildman–Crippen MR) is 125 cm³/mol. The van der Waals surface area contributed by atoms with Crippen LogP contribution in [0.15, 0.2) is 100 Å². The van der Waals surface area contributed by atoms with Crippen molar-refractivity contribution in [3.05, 3.63) is 95.6 Å². The van der Waals surface area contributed by atoms with Crippen LogP contribution in [0.2, 0.25) is 0 Å². The molecule has 0 aliphatic carbocycles. The van der Waals surface area contributed by atoms with Gasteiger partial charge in [-0.05, 0) is 36.4 Å². The van der Waals surface area contributed by atoms with Crippen molar-refractivity contribution in [1.29, 1.82) is 0 Å². The normalized spacial score (nSPS) is 11.4. The zero-order valence-electron chi connectivity index (χ0n) is 16.2. The molecule has 0 spiro atoms. The number of aromatic nitrogens is 4. The number of halogens is 1. The Morgan fingerprint density at radius 1 is 0.774 bits per heavy atom. The molecule has 3 aromatic heterocycles. The first kappa shape index (κ1) is 18.0. The molecule has 0 saturated heterocycles. The Balaban J connectivity index is 1.62. The molecule has 0 aliphatic heterocycles. The van der Waals surface area contributed by atoms with Crippen molar-refractivity contribution < 1.29 is 4.42 Å². The number of nitrogens with zero attached hydrogens (tertiary/aromatic N) is 4. The third-order valence-corrected chi connectivity index (χ3v) is 5.72. The van der Waals surface area contributed by atoms with E-state index in [9.17, 15) is 0 Å². The van der Waals surface area contributed by atoms with Crippen LogP contribution < -0.4 is 0 Å². The topological polar surface area (TPSA) is 56.7 Å². The van der Waals surface area contributed by atoms with Crippen LogP contribution in [0.5, 0.6) is 0 Å². The van der Waals surface area contributed by atoms with Gasteiger partial charge < -0.3 is 4.42 Å². The molecule has 148 valence electrons. The second kappa shape index (κ2) is 7.18. The molecule has 5 nitrogen and oxygen atoms in total. The molecule has 0 unspecified atom stereocenters. The smallest absolute Gasteiger partial charge is 0.156 e. The minimum absolute atomic E-state index is 0.665. The molecule has 0 atom stereocenters.